The van der Waals surface area contributed by atoms with Gasteiger partial charge >= 0.3 is 6.03 Å². The molecule has 1 aromatic carbocycles. The van der Waals surface area contributed by atoms with Crippen LogP contribution in [0.3, 0.4) is 0 Å². The lowest BCUT2D eigenvalue weighted by atomic mass is 9.96. The highest BCUT2D eigenvalue weighted by atomic mass is 32.1. The first-order valence-corrected chi connectivity index (χ1v) is 11.4. The molecule has 0 saturated carbocycles. The SMILES string of the molecule is O=C(Nc1ccc(N2CCOCC2)cc1)C1CCN(C(=O)NCc2cccs2)CC1. The lowest BCUT2D eigenvalue weighted by molar-refractivity contribution is -0.121. The highest BCUT2D eigenvalue weighted by Gasteiger charge is 2.27. The van der Waals surface area contributed by atoms with Gasteiger partial charge in [-0.1, -0.05) is 6.07 Å². The van der Waals surface area contributed by atoms with Gasteiger partial charge in [0.25, 0.3) is 0 Å². The summed E-state index contributed by atoms with van der Waals surface area (Å²) in [5.41, 5.74) is 1.96. The Morgan fingerprint density at radius 2 is 1.77 bits per heavy atom. The fourth-order valence-electron chi connectivity index (χ4n) is 3.85. The summed E-state index contributed by atoms with van der Waals surface area (Å²) in [6, 6.07) is 11.9. The van der Waals surface area contributed by atoms with Crippen molar-refractivity contribution < 1.29 is 14.3 Å². The molecule has 8 heteroatoms. The number of carbonyl (C=O) groups excluding carboxylic acids is 2. The van der Waals surface area contributed by atoms with Crippen LogP contribution in [0.5, 0.6) is 0 Å². The number of anilines is 2. The third-order valence-electron chi connectivity index (χ3n) is 5.66. The Balaban J connectivity index is 1.21. The van der Waals surface area contributed by atoms with Crippen LogP contribution in [-0.2, 0) is 16.1 Å². The first-order chi connectivity index (χ1) is 14.7. The maximum atomic E-state index is 12.7. The van der Waals surface area contributed by atoms with E-state index in [9.17, 15) is 9.59 Å². The van der Waals surface area contributed by atoms with E-state index >= 15 is 0 Å². The normalized spacial score (nSPS) is 17.6. The maximum Gasteiger partial charge on any atom is 0.317 e. The number of urea groups is 1. The zero-order chi connectivity index (χ0) is 20.8. The highest BCUT2D eigenvalue weighted by Crippen LogP contribution is 2.22. The van der Waals surface area contributed by atoms with E-state index in [1.54, 1.807) is 16.2 Å². The lowest BCUT2D eigenvalue weighted by Gasteiger charge is -2.31. The van der Waals surface area contributed by atoms with Crippen molar-refractivity contribution in [3.63, 3.8) is 0 Å². The first-order valence-electron chi connectivity index (χ1n) is 10.5. The molecule has 0 radical (unpaired) electrons. The summed E-state index contributed by atoms with van der Waals surface area (Å²) in [4.78, 5) is 30.2. The summed E-state index contributed by atoms with van der Waals surface area (Å²) in [5.74, 6) is -0.0296. The van der Waals surface area contributed by atoms with Gasteiger partial charge in [-0.25, -0.2) is 4.79 Å². The number of rotatable bonds is 5. The van der Waals surface area contributed by atoms with Gasteiger partial charge in [0.05, 0.1) is 19.8 Å². The van der Waals surface area contributed by atoms with E-state index in [0.29, 0.717) is 32.5 Å². The van der Waals surface area contributed by atoms with Crippen LogP contribution in [0.15, 0.2) is 41.8 Å². The van der Waals surface area contributed by atoms with Gasteiger partial charge in [0.1, 0.15) is 0 Å². The third kappa shape index (κ3) is 5.31. The molecule has 2 saturated heterocycles. The van der Waals surface area contributed by atoms with Crippen molar-refractivity contribution in [3.8, 4) is 0 Å². The molecule has 0 spiro atoms. The molecule has 2 aromatic rings. The van der Waals surface area contributed by atoms with Gasteiger partial charge in [0, 0.05) is 48.3 Å². The van der Waals surface area contributed by atoms with Crippen molar-refractivity contribution in [1.82, 2.24) is 10.2 Å². The van der Waals surface area contributed by atoms with Crippen molar-refractivity contribution >= 4 is 34.6 Å². The monoisotopic (exact) mass is 428 g/mol. The number of nitrogens with zero attached hydrogens (tertiary/aromatic N) is 2. The van der Waals surface area contributed by atoms with E-state index in [2.05, 4.69) is 15.5 Å². The van der Waals surface area contributed by atoms with Gasteiger partial charge in [-0.2, -0.15) is 0 Å². The molecule has 2 aliphatic rings. The van der Waals surface area contributed by atoms with E-state index in [1.807, 2.05) is 41.8 Å². The van der Waals surface area contributed by atoms with Crippen LogP contribution >= 0.6 is 11.3 Å². The lowest BCUT2D eigenvalue weighted by Crippen LogP contribution is -2.45. The molecule has 0 aliphatic carbocycles. The Kier molecular flexibility index (Phi) is 6.86. The zero-order valence-electron chi connectivity index (χ0n) is 17.0. The number of likely N-dealkylation sites (tertiary alicyclic amines) is 1. The zero-order valence-corrected chi connectivity index (χ0v) is 17.8. The summed E-state index contributed by atoms with van der Waals surface area (Å²) in [6.45, 7) is 5.05. The van der Waals surface area contributed by atoms with Gasteiger partial charge in [-0.15, -0.1) is 11.3 Å². The molecule has 0 bridgehead atoms. The molecule has 4 rings (SSSR count). The van der Waals surface area contributed by atoms with E-state index in [-0.39, 0.29) is 17.9 Å². The van der Waals surface area contributed by atoms with Crippen molar-refractivity contribution in [1.29, 1.82) is 0 Å². The van der Waals surface area contributed by atoms with Crippen LogP contribution in [0.2, 0.25) is 0 Å². The predicted octanol–water partition coefficient (Wildman–Crippen LogP) is 3.15. The number of nitrogens with one attached hydrogen (secondary N) is 2. The Labute approximate surface area is 181 Å². The summed E-state index contributed by atoms with van der Waals surface area (Å²) in [7, 11) is 0. The minimum Gasteiger partial charge on any atom is -0.378 e. The topological polar surface area (TPSA) is 73.9 Å². The molecule has 2 aliphatic heterocycles. The number of amides is 3. The summed E-state index contributed by atoms with van der Waals surface area (Å²) >= 11 is 1.63. The first kappa shape index (κ1) is 20.7. The van der Waals surface area contributed by atoms with Gasteiger partial charge in [-0.3, -0.25) is 4.79 Å². The Morgan fingerprint density at radius 1 is 1.03 bits per heavy atom. The van der Waals surface area contributed by atoms with E-state index in [0.717, 1.165) is 42.6 Å². The fraction of sp³-hybridized carbons (Fsp3) is 0.455. The van der Waals surface area contributed by atoms with E-state index < -0.39 is 0 Å². The van der Waals surface area contributed by atoms with Gasteiger partial charge in [-0.05, 0) is 48.6 Å². The Morgan fingerprint density at radius 3 is 2.43 bits per heavy atom. The molecule has 2 N–H and O–H groups in total. The Hall–Kier alpha value is -2.58. The summed E-state index contributed by atoms with van der Waals surface area (Å²) in [6.07, 6.45) is 1.37. The number of hydrogen-bond acceptors (Lipinski definition) is 5. The van der Waals surface area contributed by atoms with Crippen molar-refractivity contribution in [2.45, 2.75) is 19.4 Å². The molecule has 0 atom stereocenters. The second-order valence-electron chi connectivity index (χ2n) is 7.63. The second kappa shape index (κ2) is 9.95. The molecular weight excluding hydrogens is 400 g/mol. The second-order valence-corrected chi connectivity index (χ2v) is 8.67. The number of morpholine rings is 1. The van der Waals surface area contributed by atoms with E-state index in [1.165, 1.54) is 0 Å². The molecule has 3 amide bonds. The van der Waals surface area contributed by atoms with Crippen molar-refractivity contribution in [2.24, 2.45) is 5.92 Å². The smallest absolute Gasteiger partial charge is 0.317 e. The molecule has 3 heterocycles. The van der Waals surface area contributed by atoms with Crippen LogP contribution in [0.25, 0.3) is 0 Å². The molecule has 160 valence electrons. The average Bonchev–Trinajstić information content (AvgIpc) is 3.32. The fourth-order valence-corrected chi connectivity index (χ4v) is 4.50. The number of ether oxygens (including phenoxy) is 1. The standard InChI is InChI=1S/C22H28N4O3S/c27-21(24-18-3-5-19(6-4-18)25-11-13-29-14-12-25)17-7-9-26(10-8-17)22(28)23-16-20-2-1-15-30-20/h1-6,15,17H,7-14,16H2,(H,23,28)(H,24,27). The molecule has 30 heavy (non-hydrogen) atoms. The highest BCUT2D eigenvalue weighted by molar-refractivity contribution is 7.09. The number of piperidine rings is 1. The van der Waals surface area contributed by atoms with Crippen molar-refractivity contribution in [2.75, 3.05) is 49.6 Å². The number of thiophene rings is 1. The minimum absolute atomic E-state index is 0.0350. The van der Waals surface area contributed by atoms with Crippen LogP contribution in [0.4, 0.5) is 16.2 Å². The molecule has 0 unspecified atom stereocenters. The number of hydrogen-bond donors (Lipinski definition) is 2. The van der Waals surface area contributed by atoms with Crippen LogP contribution in [-0.4, -0.2) is 56.2 Å². The molecule has 1 aromatic heterocycles. The number of carbonyl (C=O) groups is 2. The summed E-state index contributed by atoms with van der Waals surface area (Å²) < 4.78 is 5.39. The number of benzene rings is 1. The Bertz CT molecular complexity index is 827. The molecule has 7 nitrogen and oxygen atoms in total. The minimum atomic E-state index is -0.0646. The quantitative estimate of drug-likeness (QED) is 0.767. The van der Waals surface area contributed by atoms with Crippen molar-refractivity contribution in [3.05, 3.63) is 46.7 Å². The average molecular weight is 429 g/mol. The van der Waals surface area contributed by atoms with Gasteiger partial charge < -0.3 is 25.2 Å². The summed E-state index contributed by atoms with van der Waals surface area (Å²) in [5, 5.41) is 7.99. The molecule has 2 fully saturated rings. The van der Waals surface area contributed by atoms with E-state index in [4.69, 9.17) is 4.74 Å². The van der Waals surface area contributed by atoms with Gasteiger partial charge in [0.15, 0.2) is 0 Å². The van der Waals surface area contributed by atoms with Crippen LogP contribution < -0.4 is 15.5 Å². The third-order valence-corrected chi connectivity index (χ3v) is 6.53. The van der Waals surface area contributed by atoms with Crippen LogP contribution in [0.1, 0.15) is 17.7 Å². The molecular formula is C22H28N4O3S. The van der Waals surface area contributed by atoms with Crippen LogP contribution in [0, 0.1) is 5.92 Å². The largest absolute Gasteiger partial charge is 0.378 e. The maximum absolute atomic E-state index is 12.7. The predicted molar refractivity (Wildman–Crippen MR) is 119 cm³/mol. The van der Waals surface area contributed by atoms with Gasteiger partial charge in [0.2, 0.25) is 5.91 Å².